The molecule has 0 atom stereocenters. The Morgan fingerprint density at radius 3 is 0.632 bits per heavy atom. The molecule has 232 valence electrons. The second kappa shape index (κ2) is 28.3. The van der Waals surface area contributed by atoms with Crippen LogP contribution >= 0.6 is 26.3 Å². The van der Waals surface area contributed by atoms with Crippen molar-refractivity contribution in [1.29, 1.82) is 0 Å². The van der Waals surface area contributed by atoms with Gasteiger partial charge in [0, 0.05) is 0 Å². The van der Waals surface area contributed by atoms with Crippen molar-refractivity contribution in [2.75, 3.05) is 24.6 Å². The first-order chi connectivity index (χ1) is 18.5. The number of hydrogen-bond acceptors (Lipinski definition) is 0. The van der Waals surface area contributed by atoms with E-state index in [0.717, 1.165) is 0 Å². The summed E-state index contributed by atoms with van der Waals surface area (Å²) >= 11 is 3.19. The van der Waals surface area contributed by atoms with Crippen molar-refractivity contribution in [3.63, 3.8) is 0 Å². The molecule has 0 amide bonds. The van der Waals surface area contributed by atoms with Gasteiger partial charge >= 0.3 is 219 Å². The normalized spacial score (nSPS) is 13.1. The second-order valence-corrected chi connectivity index (χ2v) is 26.8. The van der Waals surface area contributed by atoms with Gasteiger partial charge in [-0.3, -0.25) is 0 Å². The molecule has 0 saturated carbocycles. The fourth-order valence-electron chi connectivity index (χ4n) is 6.53. The number of unbranched alkanes of at least 4 members (excludes halogenated alkanes) is 24. The van der Waals surface area contributed by atoms with Gasteiger partial charge in [-0.15, -0.1) is 0 Å². The van der Waals surface area contributed by atoms with Crippen LogP contribution < -0.4 is 0 Å². The standard InChI is InChI=1S/C36H76IP/c1-5-9-13-17-18-19-20-21-22-23-24-25-26-27-28-32-36-38(37,33-29-14-10-6-2,34-30-15-11-7-3)35-31-16-12-8-4/h5-36H2,1-4H3. The molecule has 0 aliphatic rings. The molecule has 0 heterocycles. The summed E-state index contributed by atoms with van der Waals surface area (Å²) in [6, 6.07) is 0. The van der Waals surface area contributed by atoms with Crippen LogP contribution in [0, 0.1) is 0 Å². The van der Waals surface area contributed by atoms with Gasteiger partial charge in [-0.25, -0.2) is 0 Å². The predicted molar refractivity (Wildman–Crippen MR) is 192 cm³/mol. The molecule has 38 heavy (non-hydrogen) atoms. The fraction of sp³-hybridized carbons (Fsp3) is 1.00. The molecule has 2 heteroatoms. The summed E-state index contributed by atoms with van der Waals surface area (Å²) in [5.74, 6) is 0. The predicted octanol–water partition coefficient (Wildman–Crippen LogP) is 14.9. The molecule has 0 aromatic heterocycles. The van der Waals surface area contributed by atoms with E-state index in [2.05, 4.69) is 49.7 Å². The van der Waals surface area contributed by atoms with E-state index >= 15 is 0 Å². The zero-order chi connectivity index (χ0) is 28.1. The first-order valence-electron chi connectivity index (χ1n) is 18.3. The summed E-state index contributed by atoms with van der Waals surface area (Å²) in [7, 11) is 0. The van der Waals surface area contributed by atoms with Crippen LogP contribution in [0.15, 0.2) is 0 Å². The minimum atomic E-state index is -1.58. The minimum absolute atomic E-state index is 1.37. The zero-order valence-corrected chi connectivity index (χ0v) is 30.5. The zero-order valence-electron chi connectivity index (χ0n) is 27.5. The van der Waals surface area contributed by atoms with E-state index in [1.165, 1.54) is 180 Å². The molecule has 0 aromatic rings. The van der Waals surface area contributed by atoms with E-state index in [9.17, 15) is 0 Å². The molecule has 0 fully saturated rings. The van der Waals surface area contributed by atoms with Crippen molar-refractivity contribution in [1.82, 2.24) is 0 Å². The fourth-order valence-corrected chi connectivity index (χ4v) is 16.0. The summed E-state index contributed by atoms with van der Waals surface area (Å²) < 4.78 is -1.58. The molecular formula is C36H76IP. The molecule has 0 saturated heterocycles. The van der Waals surface area contributed by atoms with E-state index in [4.69, 9.17) is 0 Å². The van der Waals surface area contributed by atoms with Crippen molar-refractivity contribution >= 4 is 26.3 Å². The van der Waals surface area contributed by atoms with Crippen molar-refractivity contribution in [3.8, 4) is 0 Å². The van der Waals surface area contributed by atoms with E-state index < -0.39 is 4.25 Å². The first kappa shape index (κ1) is 39.2. The van der Waals surface area contributed by atoms with Gasteiger partial charge in [-0.2, -0.15) is 0 Å². The van der Waals surface area contributed by atoms with Gasteiger partial charge in [0.2, 0.25) is 0 Å². The van der Waals surface area contributed by atoms with Crippen molar-refractivity contribution in [2.45, 2.75) is 207 Å². The molecule has 0 rings (SSSR count). The van der Waals surface area contributed by atoms with Crippen LogP contribution in [-0.2, 0) is 0 Å². The third kappa shape index (κ3) is 23.8. The Labute approximate surface area is 257 Å². The Bertz CT molecular complexity index is 428. The summed E-state index contributed by atoms with van der Waals surface area (Å²) in [5, 5.41) is 0. The molecule has 0 aliphatic heterocycles. The molecule has 0 aliphatic carbocycles. The molecule has 0 radical (unpaired) electrons. The van der Waals surface area contributed by atoms with Gasteiger partial charge < -0.3 is 0 Å². The molecule has 0 N–H and O–H groups in total. The Morgan fingerprint density at radius 2 is 0.421 bits per heavy atom. The number of rotatable bonds is 32. The maximum absolute atomic E-state index is 3.19. The second-order valence-electron chi connectivity index (χ2n) is 13.2. The van der Waals surface area contributed by atoms with E-state index in [1.807, 2.05) is 0 Å². The van der Waals surface area contributed by atoms with Gasteiger partial charge in [0.15, 0.2) is 0 Å². The van der Waals surface area contributed by atoms with Crippen LogP contribution in [0.1, 0.15) is 207 Å². The molecule has 0 bridgehead atoms. The summed E-state index contributed by atoms with van der Waals surface area (Å²) in [5.41, 5.74) is 0. The first-order valence-corrected chi connectivity index (χ1v) is 24.0. The van der Waals surface area contributed by atoms with Crippen LogP contribution in [0.4, 0.5) is 0 Å². The Hall–Kier alpha value is 1.16. The van der Waals surface area contributed by atoms with Crippen LogP contribution in [0.3, 0.4) is 0 Å². The third-order valence-corrected chi connectivity index (χ3v) is 20.8. The van der Waals surface area contributed by atoms with Crippen LogP contribution in [0.5, 0.6) is 0 Å². The molecule has 0 spiro atoms. The topological polar surface area (TPSA) is 0 Å². The van der Waals surface area contributed by atoms with Crippen LogP contribution in [-0.4, -0.2) is 24.6 Å². The molecular weight excluding hydrogens is 590 g/mol. The Kier molecular flexibility index (Phi) is 29.2. The summed E-state index contributed by atoms with van der Waals surface area (Å²) in [4.78, 5) is 0. The van der Waals surface area contributed by atoms with E-state index in [0.29, 0.717) is 0 Å². The van der Waals surface area contributed by atoms with Gasteiger partial charge in [0.25, 0.3) is 0 Å². The summed E-state index contributed by atoms with van der Waals surface area (Å²) in [6.07, 6.45) is 47.7. The molecule has 0 nitrogen and oxygen atoms in total. The van der Waals surface area contributed by atoms with Gasteiger partial charge in [-0.1, -0.05) is 39.0 Å². The Morgan fingerprint density at radius 1 is 0.263 bits per heavy atom. The van der Waals surface area contributed by atoms with Crippen molar-refractivity contribution in [2.24, 2.45) is 0 Å². The number of hydrogen-bond donors (Lipinski definition) is 0. The Balaban J connectivity index is 4.32. The molecule has 0 unspecified atom stereocenters. The summed E-state index contributed by atoms with van der Waals surface area (Å²) in [6.45, 7) is 9.43. The molecule has 0 aromatic carbocycles. The van der Waals surface area contributed by atoms with Crippen LogP contribution in [0.25, 0.3) is 0 Å². The van der Waals surface area contributed by atoms with Gasteiger partial charge in [0.05, 0.1) is 0 Å². The quantitative estimate of drug-likeness (QED) is 0.0381. The monoisotopic (exact) mass is 666 g/mol. The van der Waals surface area contributed by atoms with Gasteiger partial charge in [0.1, 0.15) is 0 Å². The van der Waals surface area contributed by atoms with E-state index in [1.54, 1.807) is 24.6 Å². The number of halogens is 1. The average Bonchev–Trinajstić information content (AvgIpc) is 2.92. The van der Waals surface area contributed by atoms with Crippen molar-refractivity contribution < 1.29 is 0 Å². The SMILES string of the molecule is CCCCCCCCCCCCCCCCCCP(I)(CCCCCC)(CCCCCC)CCCCCC. The maximum atomic E-state index is 3.19. The third-order valence-electron chi connectivity index (χ3n) is 9.28. The van der Waals surface area contributed by atoms with E-state index in [-0.39, 0.29) is 0 Å². The van der Waals surface area contributed by atoms with Crippen molar-refractivity contribution in [3.05, 3.63) is 0 Å². The van der Waals surface area contributed by atoms with Crippen LogP contribution in [0.2, 0.25) is 0 Å². The average molecular weight is 667 g/mol. The van der Waals surface area contributed by atoms with Gasteiger partial charge in [-0.05, 0) is 0 Å².